The van der Waals surface area contributed by atoms with Crippen LogP contribution in [0.2, 0.25) is 0 Å². The molecule has 2 aliphatic carbocycles. The van der Waals surface area contributed by atoms with Gasteiger partial charge in [0.1, 0.15) is 6.20 Å². The fourth-order valence-electron chi connectivity index (χ4n) is 4.11. The van der Waals surface area contributed by atoms with Crippen LogP contribution in [0.3, 0.4) is 0 Å². The summed E-state index contributed by atoms with van der Waals surface area (Å²) in [4.78, 5) is 22.7. The molecule has 114 valence electrons. The van der Waals surface area contributed by atoms with E-state index in [1.54, 1.807) is 7.05 Å². The number of rotatable bonds is 4. The Morgan fingerprint density at radius 1 is 1.52 bits per heavy atom. The van der Waals surface area contributed by atoms with Crippen molar-refractivity contribution < 1.29 is 9.72 Å². The number of hydrogen-bond donors (Lipinski definition) is 1. The van der Waals surface area contributed by atoms with E-state index >= 15 is 0 Å². The molecule has 21 heavy (non-hydrogen) atoms. The minimum Gasteiger partial charge on any atom is -0.348 e. The lowest BCUT2D eigenvalue weighted by atomic mass is 9.84. The molecule has 7 heteroatoms. The molecule has 7 nitrogen and oxygen atoms in total. The van der Waals surface area contributed by atoms with E-state index in [1.807, 2.05) is 6.92 Å². The predicted molar refractivity (Wildman–Crippen MR) is 75.7 cm³/mol. The van der Waals surface area contributed by atoms with Crippen molar-refractivity contribution in [1.29, 1.82) is 0 Å². The summed E-state index contributed by atoms with van der Waals surface area (Å²) in [5.41, 5.74) is -0.217. The quantitative estimate of drug-likeness (QED) is 0.677. The molecule has 2 fully saturated rings. The molecule has 1 N–H and O–H groups in total. The van der Waals surface area contributed by atoms with Crippen molar-refractivity contribution in [3.63, 3.8) is 0 Å². The molecule has 1 aromatic rings. The second-order valence-corrected chi connectivity index (χ2v) is 6.36. The Balaban J connectivity index is 1.72. The summed E-state index contributed by atoms with van der Waals surface area (Å²) in [5, 5.41) is 17.7. The molecule has 0 radical (unpaired) electrons. The molecule has 3 rings (SSSR count). The van der Waals surface area contributed by atoms with Gasteiger partial charge < -0.3 is 5.32 Å². The molecular formula is C14H20N4O3. The summed E-state index contributed by atoms with van der Waals surface area (Å²) in [6.45, 7) is 2.01. The normalized spacial score (nSPS) is 28.6. The van der Waals surface area contributed by atoms with Crippen LogP contribution in [0.5, 0.6) is 0 Å². The molecule has 1 heterocycles. The second-order valence-electron chi connectivity index (χ2n) is 6.36. The van der Waals surface area contributed by atoms with E-state index in [0.29, 0.717) is 11.8 Å². The van der Waals surface area contributed by atoms with Gasteiger partial charge in [0.05, 0.1) is 4.92 Å². The lowest BCUT2D eigenvalue weighted by Gasteiger charge is -2.28. The Hall–Kier alpha value is -1.92. The van der Waals surface area contributed by atoms with Crippen LogP contribution in [0.4, 0.5) is 5.69 Å². The number of carbonyl (C=O) groups is 1. The van der Waals surface area contributed by atoms with Gasteiger partial charge in [-0.2, -0.15) is 5.10 Å². The topological polar surface area (TPSA) is 90.1 Å². The number of amides is 1. The van der Waals surface area contributed by atoms with E-state index in [1.165, 1.54) is 30.4 Å². The van der Waals surface area contributed by atoms with Crippen LogP contribution in [0.25, 0.3) is 0 Å². The van der Waals surface area contributed by atoms with Gasteiger partial charge in [-0.05, 0) is 43.9 Å². The maximum Gasteiger partial charge on any atom is 0.320 e. The maximum atomic E-state index is 12.3. The zero-order valence-electron chi connectivity index (χ0n) is 12.3. The first-order chi connectivity index (χ1) is 9.97. The number of nitrogens with one attached hydrogen (secondary N) is 1. The van der Waals surface area contributed by atoms with Gasteiger partial charge in [0.25, 0.3) is 5.91 Å². The third-order valence-electron chi connectivity index (χ3n) is 5.13. The second kappa shape index (κ2) is 5.13. The molecule has 1 aromatic heterocycles. The molecule has 2 aliphatic rings. The van der Waals surface area contributed by atoms with Crippen LogP contribution in [0.15, 0.2) is 6.20 Å². The highest BCUT2D eigenvalue weighted by molar-refractivity contribution is 5.96. The summed E-state index contributed by atoms with van der Waals surface area (Å²) in [6, 6.07) is 0.0438. The molecule has 0 aliphatic heterocycles. The van der Waals surface area contributed by atoms with E-state index in [2.05, 4.69) is 10.4 Å². The van der Waals surface area contributed by atoms with Gasteiger partial charge in [-0.3, -0.25) is 19.6 Å². The molecule has 0 unspecified atom stereocenters. The first-order valence-electron chi connectivity index (χ1n) is 7.44. The molecule has 0 aromatic carbocycles. The molecule has 1 amide bonds. The zero-order chi connectivity index (χ0) is 15.1. The fourth-order valence-corrected chi connectivity index (χ4v) is 4.11. The predicted octanol–water partition coefficient (Wildman–Crippen LogP) is 1.88. The van der Waals surface area contributed by atoms with E-state index < -0.39 is 10.8 Å². The highest BCUT2D eigenvalue weighted by Gasteiger charge is 2.42. The van der Waals surface area contributed by atoms with E-state index in [0.717, 1.165) is 12.1 Å². The maximum absolute atomic E-state index is 12.3. The highest BCUT2D eigenvalue weighted by atomic mass is 16.6. The van der Waals surface area contributed by atoms with Crippen molar-refractivity contribution in [2.45, 2.75) is 38.6 Å². The van der Waals surface area contributed by atoms with E-state index in [9.17, 15) is 14.9 Å². The zero-order valence-corrected chi connectivity index (χ0v) is 12.3. The van der Waals surface area contributed by atoms with Gasteiger partial charge in [-0.1, -0.05) is 6.42 Å². The summed E-state index contributed by atoms with van der Waals surface area (Å²) in [5.74, 6) is 1.61. The van der Waals surface area contributed by atoms with Gasteiger partial charge >= 0.3 is 5.69 Å². The highest BCUT2D eigenvalue weighted by Crippen LogP contribution is 2.49. The number of aryl methyl sites for hydroxylation is 1. The summed E-state index contributed by atoms with van der Waals surface area (Å²) < 4.78 is 1.26. The van der Waals surface area contributed by atoms with Crippen LogP contribution in [-0.4, -0.2) is 26.7 Å². The van der Waals surface area contributed by atoms with Crippen molar-refractivity contribution in [1.82, 2.24) is 15.1 Å². The molecule has 2 bridgehead atoms. The number of nitro groups is 1. The smallest absolute Gasteiger partial charge is 0.320 e. The largest absolute Gasteiger partial charge is 0.348 e. The third kappa shape index (κ3) is 2.41. The van der Waals surface area contributed by atoms with Gasteiger partial charge in [0, 0.05) is 13.1 Å². The lowest BCUT2D eigenvalue weighted by Crippen LogP contribution is -2.40. The van der Waals surface area contributed by atoms with Crippen molar-refractivity contribution in [3.05, 3.63) is 22.0 Å². The van der Waals surface area contributed by atoms with Crippen molar-refractivity contribution in [2.75, 3.05) is 0 Å². The Kier molecular flexibility index (Phi) is 3.43. The first-order valence-corrected chi connectivity index (χ1v) is 7.44. The fraction of sp³-hybridized carbons (Fsp3) is 0.714. The van der Waals surface area contributed by atoms with Crippen LogP contribution >= 0.6 is 0 Å². The Morgan fingerprint density at radius 2 is 2.29 bits per heavy atom. The average molecular weight is 292 g/mol. The summed E-state index contributed by atoms with van der Waals surface area (Å²) in [7, 11) is 1.55. The van der Waals surface area contributed by atoms with Crippen molar-refractivity contribution in [3.8, 4) is 0 Å². The van der Waals surface area contributed by atoms with Crippen molar-refractivity contribution >= 4 is 11.6 Å². The van der Waals surface area contributed by atoms with Gasteiger partial charge in [0.2, 0.25) is 5.69 Å². The molecule has 0 saturated heterocycles. The Bertz CT molecular complexity index is 583. The lowest BCUT2D eigenvalue weighted by molar-refractivity contribution is -0.385. The van der Waals surface area contributed by atoms with Crippen molar-refractivity contribution in [2.24, 2.45) is 24.8 Å². The Morgan fingerprint density at radius 3 is 2.86 bits per heavy atom. The monoisotopic (exact) mass is 292 g/mol. The Labute approximate surface area is 122 Å². The van der Waals surface area contributed by atoms with Crippen LogP contribution in [0.1, 0.15) is 43.1 Å². The minimum atomic E-state index is -0.565. The minimum absolute atomic E-state index is 0.0232. The average Bonchev–Trinajstić information content (AvgIpc) is 3.12. The molecule has 0 spiro atoms. The van der Waals surface area contributed by atoms with Crippen LogP contribution in [0, 0.1) is 27.9 Å². The van der Waals surface area contributed by atoms with E-state index in [-0.39, 0.29) is 17.4 Å². The standard InChI is InChI=1S/C14H20N4O3/c1-8(11-6-9-3-4-10(11)5-9)16-14(19)13-12(18(20)21)7-15-17(13)2/h7-11H,3-6H2,1-2H3,(H,16,19)/t8-,9-,10-,11+/m0/s1. The number of aromatic nitrogens is 2. The van der Waals surface area contributed by atoms with Crippen LogP contribution in [-0.2, 0) is 7.05 Å². The molecular weight excluding hydrogens is 272 g/mol. The number of fused-ring (bicyclic) bond motifs is 2. The first kappa shape index (κ1) is 14.0. The van der Waals surface area contributed by atoms with E-state index in [4.69, 9.17) is 0 Å². The van der Waals surface area contributed by atoms with Gasteiger partial charge in [-0.15, -0.1) is 0 Å². The third-order valence-corrected chi connectivity index (χ3v) is 5.13. The summed E-state index contributed by atoms with van der Waals surface area (Å²) in [6.07, 6.45) is 6.13. The summed E-state index contributed by atoms with van der Waals surface area (Å²) >= 11 is 0. The molecule has 4 atom stereocenters. The van der Waals surface area contributed by atoms with Crippen LogP contribution < -0.4 is 5.32 Å². The van der Waals surface area contributed by atoms with Gasteiger partial charge in [0.15, 0.2) is 0 Å². The SMILES string of the molecule is C[C@H](NC(=O)c1c([N+](=O)[O-])cnn1C)[C@H]1C[C@H]2CC[C@H]1C2. The number of hydrogen-bond acceptors (Lipinski definition) is 4. The van der Waals surface area contributed by atoms with Gasteiger partial charge in [-0.25, -0.2) is 0 Å². The number of carbonyl (C=O) groups excluding carboxylic acids is 1. The molecule has 2 saturated carbocycles. The number of nitrogens with zero attached hydrogens (tertiary/aromatic N) is 3.